The van der Waals surface area contributed by atoms with E-state index in [1.807, 2.05) is 20.8 Å². The third-order valence-electron chi connectivity index (χ3n) is 7.16. The van der Waals surface area contributed by atoms with Crippen LogP contribution < -0.4 is 5.32 Å². The number of benzene rings is 1. The summed E-state index contributed by atoms with van der Waals surface area (Å²) < 4.78 is 26.3. The molecule has 188 valence electrons. The molecule has 10 heteroatoms. The molecule has 0 unspecified atom stereocenters. The van der Waals surface area contributed by atoms with E-state index in [-0.39, 0.29) is 37.0 Å². The van der Waals surface area contributed by atoms with Gasteiger partial charge >= 0.3 is 6.17 Å². The van der Waals surface area contributed by atoms with Crippen molar-refractivity contribution in [2.24, 2.45) is 5.41 Å². The lowest BCUT2D eigenvalue weighted by Crippen LogP contribution is -2.52. The van der Waals surface area contributed by atoms with Gasteiger partial charge in [0.25, 0.3) is 11.8 Å². The molecule has 2 aromatic rings. The van der Waals surface area contributed by atoms with Crippen molar-refractivity contribution in [1.29, 1.82) is 0 Å². The highest BCUT2D eigenvalue weighted by atomic mass is 16.2. The van der Waals surface area contributed by atoms with Gasteiger partial charge in [-0.25, -0.2) is 11.3 Å². The van der Waals surface area contributed by atoms with Crippen LogP contribution >= 0.6 is 0 Å². The van der Waals surface area contributed by atoms with Gasteiger partial charge in [0.15, 0.2) is 5.69 Å². The summed E-state index contributed by atoms with van der Waals surface area (Å²) >= 11 is 0. The Kier molecular flexibility index (Phi) is 4.79. The van der Waals surface area contributed by atoms with Gasteiger partial charge in [-0.2, -0.15) is 0 Å². The molecule has 1 aliphatic carbocycles. The maximum atomic E-state index is 14.3. The number of amides is 3. The highest BCUT2D eigenvalue weighted by molar-refractivity contribution is 6.07. The Morgan fingerprint density at radius 1 is 1.36 bits per heavy atom. The van der Waals surface area contributed by atoms with Crippen LogP contribution in [0, 0.1) is 12.0 Å². The fourth-order valence-electron chi connectivity index (χ4n) is 5.17. The van der Waals surface area contributed by atoms with Crippen LogP contribution in [0.5, 0.6) is 0 Å². The predicted octanol–water partition coefficient (Wildman–Crippen LogP) is 2.86. The van der Waals surface area contributed by atoms with E-state index in [1.54, 1.807) is 28.9 Å². The normalized spacial score (nSPS) is 25.4. The quantitative estimate of drug-likeness (QED) is 0.647. The minimum Gasteiger partial charge on any atom is -0.328 e. The second-order valence-electron chi connectivity index (χ2n) is 11.1. The molecule has 1 aromatic heterocycles. The number of carbonyl (C=O) groups is 3. The van der Waals surface area contributed by atoms with Gasteiger partial charge in [0, 0.05) is 23.3 Å². The monoisotopic (exact) mass is 492 g/mol. The van der Waals surface area contributed by atoms with Gasteiger partial charge in [0.1, 0.15) is 11.5 Å². The molecule has 1 spiro atoms. The van der Waals surface area contributed by atoms with Crippen LogP contribution in [0.3, 0.4) is 0 Å². The summed E-state index contributed by atoms with van der Waals surface area (Å²) in [7, 11) is 0. The molecule has 5 rings (SSSR count). The molecule has 1 saturated carbocycles. The van der Waals surface area contributed by atoms with Crippen molar-refractivity contribution in [2.75, 3.05) is 18.8 Å². The average molecular weight is 493 g/mol. The van der Waals surface area contributed by atoms with Gasteiger partial charge < -0.3 is 10.2 Å². The third kappa shape index (κ3) is 4.02. The maximum Gasteiger partial charge on any atom is 0.302 e. The van der Waals surface area contributed by atoms with Gasteiger partial charge in [-0.15, -0.1) is 5.10 Å². The molecule has 3 amide bonds. The Morgan fingerprint density at radius 2 is 2.11 bits per heavy atom. The number of para-hydroxylation sites is 1. The average Bonchev–Trinajstić information content (AvgIpc) is 3.34. The SMILES string of the molecule is [2H]C([2H])([2H])N(C(=O)c1cn(C2CC2)nn1)[C@@H](CC(C)(C)C)C(=O)N1C[C@]2(C[C@H]1[N+]#[C-])C(=O)Nc1ccccc12. The molecule has 3 aliphatic rings. The van der Waals surface area contributed by atoms with Crippen LogP contribution in [0.1, 0.15) is 72.7 Å². The van der Waals surface area contributed by atoms with E-state index < -0.39 is 41.8 Å². The van der Waals surface area contributed by atoms with Crippen molar-refractivity contribution in [3.8, 4) is 0 Å². The van der Waals surface area contributed by atoms with Gasteiger partial charge in [0.05, 0.1) is 18.7 Å². The number of hydrogen-bond acceptors (Lipinski definition) is 5. The zero-order valence-electron chi connectivity index (χ0n) is 23.6. The number of likely N-dealkylation sites (tertiary alicyclic amines) is 1. The van der Waals surface area contributed by atoms with Crippen LogP contribution in [0.15, 0.2) is 30.5 Å². The fraction of sp³-hybridized carbons (Fsp3) is 0.538. The van der Waals surface area contributed by atoms with Crippen LogP contribution in [0.4, 0.5) is 5.69 Å². The van der Waals surface area contributed by atoms with Crippen molar-refractivity contribution in [2.45, 2.75) is 70.1 Å². The van der Waals surface area contributed by atoms with Crippen LogP contribution in [-0.4, -0.2) is 68.2 Å². The first kappa shape index (κ1) is 20.5. The summed E-state index contributed by atoms with van der Waals surface area (Å²) in [5.41, 5.74) is -0.516. The molecule has 1 aromatic carbocycles. The van der Waals surface area contributed by atoms with Crippen molar-refractivity contribution < 1.29 is 18.5 Å². The number of aromatic nitrogens is 3. The number of nitrogens with one attached hydrogen (secondary N) is 1. The van der Waals surface area contributed by atoms with Crippen molar-refractivity contribution in [3.05, 3.63) is 53.1 Å². The van der Waals surface area contributed by atoms with Crippen LogP contribution in [0.2, 0.25) is 0 Å². The molecular weight excluding hydrogens is 458 g/mol. The van der Waals surface area contributed by atoms with Gasteiger partial charge in [-0.3, -0.25) is 24.1 Å². The Hall–Kier alpha value is -3.74. The summed E-state index contributed by atoms with van der Waals surface area (Å²) in [5.74, 6) is -1.92. The summed E-state index contributed by atoms with van der Waals surface area (Å²) in [6.07, 6.45) is 2.31. The van der Waals surface area contributed by atoms with Gasteiger partial charge in [-0.1, -0.05) is 44.2 Å². The topological polar surface area (TPSA) is 105 Å². The summed E-state index contributed by atoms with van der Waals surface area (Å²) in [6, 6.07) is 5.87. The molecule has 10 nitrogen and oxygen atoms in total. The number of rotatable bonds is 5. The zero-order valence-corrected chi connectivity index (χ0v) is 20.6. The molecule has 3 atom stereocenters. The van der Waals surface area contributed by atoms with Gasteiger partial charge in [0.2, 0.25) is 5.91 Å². The highest BCUT2D eigenvalue weighted by Gasteiger charge is 2.59. The van der Waals surface area contributed by atoms with Crippen LogP contribution in [0.25, 0.3) is 4.85 Å². The smallest absolute Gasteiger partial charge is 0.302 e. The van der Waals surface area contributed by atoms with Crippen molar-refractivity contribution in [3.63, 3.8) is 0 Å². The molecule has 36 heavy (non-hydrogen) atoms. The highest BCUT2D eigenvalue weighted by Crippen LogP contribution is 2.47. The lowest BCUT2D eigenvalue weighted by atomic mass is 9.80. The van der Waals surface area contributed by atoms with E-state index in [9.17, 15) is 14.4 Å². The molecule has 3 heterocycles. The Morgan fingerprint density at radius 3 is 2.78 bits per heavy atom. The molecular formula is C26H31N7O3. The third-order valence-corrected chi connectivity index (χ3v) is 7.16. The first-order chi connectivity index (χ1) is 18.2. The summed E-state index contributed by atoms with van der Waals surface area (Å²) in [4.78, 5) is 46.7. The zero-order chi connectivity index (χ0) is 28.3. The molecule has 0 bridgehead atoms. The number of fused-ring (bicyclic) bond motifs is 2. The van der Waals surface area contributed by atoms with E-state index in [0.29, 0.717) is 16.2 Å². The lowest BCUT2D eigenvalue weighted by molar-refractivity contribution is -0.137. The van der Waals surface area contributed by atoms with Crippen molar-refractivity contribution >= 4 is 23.4 Å². The number of carbonyl (C=O) groups excluding carboxylic acids is 3. The summed E-state index contributed by atoms with van der Waals surface area (Å²) in [6.45, 7) is 10.3. The Bertz CT molecular complexity index is 1370. The molecule has 2 aliphatic heterocycles. The van der Waals surface area contributed by atoms with E-state index >= 15 is 0 Å². The maximum absolute atomic E-state index is 14.3. The van der Waals surface area contributed by atoms with Gasteiger partial charge in [-0.05, 0) is 36.3 Å². The van der Waals surface area contributed by atoms with E-state index in [4.69, 9.17) is 10.7 Å². The largest absolute Gasteiger partial charge is 0.328 e. The van der Waals surface area contributed by atoms with Crippen LogP contribution in [-0.2, 0) is 15.0 Å². The summed E-state index contributed by atoms with van der Waals surface area (Å²) in [5, 5.41) is 10.7. The fourth-order valence-corrected chi connectivity index (χ4v) is 5.17. The van der Waals surface area contributed by atoms with E-state index in [0.717, 1.165) is 12.8 Å². The van der Waals surface area contributed by atoms with E-state index in [2.05, 4.69) is 20.5 Å². The molecule has 1 saturated heterocycles. The van der Waals surface area contributed by atoms with Crippen molar-refractivity contribution in [1.82, 2.24) is 24.8 Å². The Balaban J connectivity index is 1.53. The number of hydrogen-bond donors (Lipinski definition) is 1. The standard InChI is InChI=1S/C26H31N7O3/c1-25(2,3)12-20(31(5)22(34)19-14-33(30-29-19)16-10-11-16)23(35)32-15-26(13-21(32)27-4)17-8-6-7-9-18(17)28-24(26)36/h6-9,14,16,20-21H,10-13,15H2,1-3,5H3,(H,28,36)/t20-,21-,26-/m0/s1/i5D3. The number of likely N-dealkylation sites (N-methyl/N-ethyl adjacent to an activating group) is 1. The second kappa shape index (κ2) is 8.43. The first-order valence-corrected chi connectivity index (χ1v) is 12.1. The molecule has 1 N–H and O–H groups in total. The molecule has 2 fully saturated rings. The first-order valence-electron chi connectivity index (χ1n) is 13.6. The predicted molar refractivity (Wildman–Crippen MR) is 132 cm³/mol. The number of anilines is 1. The number of nitrogens with zero attached hydrogens (tertiary/aromatic N) is 6. The molecule has 0 radical (unpaired) electrons. The lowest BCUT2D eigenvalue weighted by Gasteiger charge is -2.34. The second-order valence-corrected chi connectivity index (χ2v) is 11.1. The van der Waals surface area contributed by atoms with E-state index in [1.165, 1.54) is 11.1 Å². The minimum absolute atomic E-state index is 0.0176. The minimum atomic E-state index is -2.98. The Labute approximate surface area is 214 Å².